The van der Waals surface area contributed by atoms with Crippen molar-refractivity contribution in [3.8, 4) is 11.5 Å². The molecular formula is C18H20BF3N2O6. The van der Waals surface area contributed by atoms with Crippen molar-refractivity contribution in [2.24, 2.45) is 5.92 Å². The fraction of sp³-hybridized carbons (Fsp3) is 0.556. The normalized spacial score (nSPS) is 24.1. The first-order valence-electron chi connectivity index (χ1n) is 9.63. The van der Waals surface area contributed by atoms with E-state index in [-0.39, 0.29) is 43.1 Å². The molecule has 4 rings (SSSR count). The van der Waals surface area contributed by atoms with Gasteiger partial charge in [-0.2, -0.15) is 13.2 Å². The highest BCUT2D eigenvalue weighted by molar-refractivity contribution is 6.44. The molecule has 1 aromatic rings. The van der Waals surface area contributed by atoms with Crippen LogP contribution in [-0.2, 0) is 11.2 Å². The van der Waals surface area contributed by atoms with Crippen LogP contribution in [-0.4, -0.2) is 72.0 Å². The van der Waals surface area contributed by atoms with E-state index in [1.54, 1.807) is 6.07 Å². The van der Waals surface area contributed by atoms with E-state index in [1.165, 1.54) is 11.0 Å². The van der Waals surface area contributed by atoms with Crippen molar-refractivity contribution in [3.63, 3.8) is 0 Å². The summed E-state index contributed by atoms with van der Waals surface area (Å²) < 4.78 is 49.4. The molecule has 8 nitrogen and oxygen atoms in total. The Bertz CT molecular complexity index is 861. The Morgan fingerprint density at radius 2 is 2.03 bits per heavy atom. The number of nitrogens with one attached hydrogen (secondary N) is 1. The molecule has 1 aromatic carbocycles. The second-order valence-electron chi connectivity index (χ2n) is 7.76. The summed E-state index contributed by atoms with van der Waals surface area (Å²) in [4.78, 5) is 25.5. The number of likely N-dealkylation sites (tertiary alicyclic amines) is 1. The van der Waals surface area contributed by atoms with Crippen LogP contribution < -0.4 is 14.7 Å². The minimum atomic E-state index is -4.34. The van der Waals surface area contributed by atoms with E-state index in [2.05, 4.69) is 5.32 Å². The highest BCUT2D eigenvalue weighted by atomic mass is 19.4. The average molecular weight is 428 g/mol. The molecule has 2 saturated heterocycles. The molecule has 3 aliphatic heterocycles. The molecule has 3 N–H and O–H groups in total. The smallest absolute Gasteiger partial charge is 0.522 e. The van der Waals surface area contributed by atoms with E-state index in [0.717, 1.165) is 0 Å². The number of aryl methyl sites for hydroxylation is 1. The summed E-state index contributed by atoms with van der Waals surface area (Å²) >= 11 is 0. The number of carboxylic acids is 1. The summed E-state index contributed by atoms with van der Waals surface area (Å²) in [6.07, 6.45) is -4.29. The molecule has 2 unspecified atom stereocenters. The summed E-state index contributed by atoms with van der Waals surface area (Å²) in [6.45, 7) is 0.0112. The maximum Gasteiger partial charge on any atom is 0.522 e. The van der Waals surface area contributed by atoms with Crippen LogP contribution in [0.25, 0.3) is 0 Å². The average Bonchev–Trinajstić information content (AvgIpc) is 3.13. The van der Waals surface area contributed by atoms with Crippen molar-refractivity contribution in [1.29, 1.82) is 0 Å². The van der Waals surface area contributed by atoms with Gasteiger partial charge in [-0.3, -0.25) is 4.79 Å². The molecule has 1 amide bonds. The first-order chi connectivity index (χ1) is 14.1. The molecule has 0 aromatic heterocycles. The second kappa shape index (κ2) is 7.66. The van der Waals surface area contributed by atoms with Gasteiger partial charge in [-0.15, -0.1) is 0 Å². The Labute approximate surface area is 170 Å². The van der Waals surface area contributed by atoms with Gasteiger partial charge in [0.25, 0.3) is 0 Å². The van der Waals surface area contributed by atoms with Crippen molar-refractivity contribution in [3.05, 3.63) is 23.3 Å². The van der Waals surface area contributed by atoms with Crippen LogP contribution in [0.15, 0.2) is 12.1 Å². The molecule has 12 heteroatoms. The van der Waals surface area contributed by atoms with Crippen LogP contribution in [0.1, 0.15) is 22.3 Å². The summed E-state index contributed by atoms with van der Waals surface area (Å²) in [6, 6.07) is 2.30. The summed E-state index contributed by atoms with van der Waals surface area (Å²) in [5.41, 5.74) is 0.462. The quantitative estimate of drug-likeness (QED) is 0.613. The Balaban J connectivity index is 1.38. The number of fused-ring (bicyclic) bond motifs is 1. The zero-order chi connectivity index (χ0) is 21.6. The lowest BCUT2D eigenvalue weighted by Crippen LogP contribution is -2.59. The van der Waals surface area contributed by atoms with Crippen LogP contribution in [0.4, 0.5) is 13.2 Å². The highest BCUT2D eigenvalue weighted by Gasteiger charge is 2.47. The monoisotopic (exact) mass is 428 g/mol. The van der Waals surface area contributed by atoms with Crippen LogP contribution in [0.3, 0.4) is 0 Å². The molecule has 0 radical (unpaired) electrons. The van der Waals surface area contributed by atoms with Crippen molar-refractivity contribution >= 4 is 19.0 Å². The fourth-order valence-electron chi connectivity index (χ4n) is 3.98. The number of carbonyl (C=O) groups is 2. The number of nitrogens with zero attached hydrogens (tertiary/aromatic N) is 1. The number of halogens is 3. The maximum atomic E-state index is 12.8. The second-order valence-corrected chi connectivity index (χ2v) is 7.76. The molecule has 2 atom stereocenters. The highest BCUT2D eigenvalue weighted by Crippen LogP contribution is 2.38. The minimum Gasteiger partial charge on any atom is -0.535 e. The molecule has 0 saturated carbocycles. The number of alkyl halides is 3. The van der Waals surface area contributed by atoms with E-state index in [4.69, 9.17) is 9.39 Å². The number of aromatic carboxylic acids is 1. The van der Waals surface area contributed by atoms with E-state index in [0.29, 0.717) is 18.3 Å². The number of ether oxygens (including phenoxy) is 1. The number of hydrogen-bond acceptors (Lipinski definition) is 6. The van der Waals surface area contributed by atoms with Gasteiger partial charge in [0.05, 0.1) is 25.0 Å². The van der Waals surface area contributed by atoms with E-state index in [9.17, 15) is 32.9 Å². The van der Waals surface area contributed by atoms with Crippen molar-refractivity contribution in [2.75, 3.05) is 19.6 Å². The number of carboxylic acid groups (broad SMARTS) is 1. The topological polar surface area (TPSA) is 108 Å². The van der Waals surface area contributed by atoms with Gasteiger partial charge in [-0.1, -0.05) is 6.07 Å². The molecule has 162 valence electrons. The standard InChI is InChI=1S/C18H20BF3N2O6/c20-18(21,22)10-5-12(23-6-10)16(25)24-7-11(8-24)29-13-2-1-9-3-4-19(28)30-15(9)14(13)17(26)27/h1-2,10-12,23,28H,3-8H2,(H,26,27). The summed E-state index contributed by atoms with van der Waals surface area (Å²) in [7, 11) is -1.10. The number of hydrogen-bond donors (Lipinski definition) is 3. The molecule has 0 aliphatic carbocycles. The zero-order valence-electron chi connectivity index (χ0n) is 15.8. The van der Waals surface area contributed by atoms with Gasteiger partial charge in [0, 0.05) is 6.54 Å². The first kappa shape index (κ1) is 20.8. The molecular weight excluding hydrogens is 408 g/mol. The Morgan fingerprint density at radius 3 is 2.67 bits per heavy atom. The van der Waals surface area contributed by atoms with Crippen molar-refractivity contribution in [2.45, 2.75) is 37.5 Å². The van der Waals surface area contributed by atoms with Gasteiger partial charge in [0.2, 0.25) is 5.91 Å². The first-order valence-corrected chi connectivity index (χ1v) is 9.63. The van der Waals surface area contributed by atoms with Gasteiger partial charge >= 0.3 is 19.3 Å². The predicted molar refractivity (Wildman–Crippen MR) is 97.5 cm³/mol. The Morgan fingerprint density at radius 1 is 1.30 bits per heavy atom. The Kier molecular flexibility index (Phi) is 5.31. The SMILES string of the molecule is O=C(O)c1c(OC2CN(C(=O)C3CC(C(F)(F)F)CN3)C2)ccc2c1OB(O)CC2. The van der Waals surface area contributed by atoms with Gasteiger partial charge in [0.1, 0.15) is 23.2 Å². The number of amides is 1. The fourth-order valence-corrected chi connectivity index (χ4v) is 3.98. The number of carbonyl (C=O) groups excluding carboxylic acids is 1. The van der Waals surface area contributed by atoms with E-state index in [1.807, 2.05) is 0 Å². The number of benzene rings is 1. The predicted octanol–water partition coefficient (Wildman–Crippen LogP) is 0.930. The van der Waals surface area contributed by atoms with Gasteiger partial charge in [-0.25, -0.2) is 4.79 Å². The largest absolute Gasteiger partial charge is 0.535 e. The lowest BCUT2D eigenvalue weighted by atomic mass is 9.78. The third-order valence-electron chi connectivity index (χ3n) is 5.67. The molecule has 3 aliphatic rings. The van der Waals surface area contributed by atoms with E-state index < -0.39 is 43.2 Å². The molecule has 2 fully saturated rings. The van der Waals surface area contributed by atoms with Gasteiger partial charge in [-0.05, 0) is 30.8 Å². The lowest BCUT2D eigenvalue weighted by molar-refractivity contribution is -0.169. The van der Waals surface area contributed by atoms with Crippen LogP contribution in [0, 0.1) is 5.92 Å². The van der Waals surface area contributed by atoms with Crippen molar-refractivity contribution in [1.82, 2.24) is 10.2 Å². The van der Waals surface area contributed by atoms with Gasteiger partial charge < -0.3 is 29.7 Å². The number of rotatable bonds is 4. The zero-order valence-corrected chi connectivity index (χ0v) is 15.8. The third kappa shape index (κ3) is 3.93. The lowest BCUT2D eigenvalue weighted by Gasteiger charge is -2.40. The molecule has 0 bridgehead atoms. The van der Waals surface area contributed by atoms with Crippen molar-refractivity contribution < 1.29 is 42.3 Å². The molecule has 0 spiro atoms. The van der Waals surface area contributed by atoms with Crippen LogP contribution >= 0.6 is 0 Å². The summed E-state index contributed by atoms with van der Waals surface area (Å²) in [5, 5.41) is 21.9. The van der Waals surface area contributed by atoms with E-state index >= 15 is 0 Å². The third-order valence-corrected chi connectivity index (χ3v) is 5.67. The Hall–Kier alpha value is -2.47. The van der Waals surface area contributed by atoms with Crippen LogP contribution in [0.5, 0.6) is 11.5 Å². The maximum absolute atomic E-state index is 12.8. The molecule has 3 heterocycles. The summed E-state index contributed by atoms with van der Waals surface area (Å²) in [5.74, 6) is -3.10. The van der Waals surface area contributed by atoms with Crippen LogP contribution in [0.2, 0.25) is 6.32 Å². The molecule has 30 heavy (non-hydrogen) atoms. The minimum absolute atomic E-state index is 0.0589. The van der Waals surface area contributed by atoms with Gasteiger partial charge in [0.15, 0.2) is 0 Å².